The predicted octanol–water partition coefficient (Wildman–Crippen LogP) is 0.579. The van der Waals surface area contributed by atoms with E-state index in [2.05, 4.69) is 24.1 Å². The zero-order chi connectivity index (χ0) is 18.0. The summed E-state index contributed by atoms with van der Waals surface area (Å²) < 4.78 is 2.26. The summed E-state index contributed by atoms with van der Waals surface area (Å²) in [5.41, 5.74) is 5.10. The van der Waals surface area contributed by atoms with Crippen molar-refractivity contribution in [3.8, 4) is 0 Å². The monoisotopic (exact) mass is 405 g/mol. The van der Waals surface area contributed by atoms with Crippen LogP contribution in [0.4, 0.5) is 0 Å². The first kappa shape index (κ1) is 24.1. The van der Waals surface area contributed by atoms with E-state index in [1.54, 1.807) is 0 Å². The Morgan fingerprint density at radius 1 is 1.19 bits per heavy atom. The van der Waals surface area contributed by atoms with Gasteiger partial charge >= 0.3 is 5.69 Å². The molecule has 0 saturated carbocycles. The number of hydrogen-bond donors (Lipinski definition) is 2. The minimum atomic E-state index is -0.489. The largest absolute Gasteiger partial charge is 0.347 e. The number of nitrogens with zero attached hydrogens (tertiary/aromatic N) is 3. The summed E-state index contributed by atoms with van der Waals surface area (Å²) in [7, 11) is 2.92. The van der Waals surface area contributed by atoms with E-state index in [4.69, 9.17) is 5.73 Å². The summed E-state index contributed by atoms with van der Waals surface area (Å²) in [4.78, 5) is 40.7. The van der Waals surface area contributed by atoms with E-state index in [0.717, 1.165) is 11.0 Å². The van der Waals surface area contributed by atoms with Crippen molar-refractivity contribution in [1.29, 1.82) is 0 Å². The summed E-state index contributed by atoms with van der Waals surface area (Å²) in [6.07, 6.45) is 0.759. The summed E-state index contributed by atoms with van der Waals surface area (Å²) >= 11 is 0. The molecule has 0 aliphatic rings. The number of pyridine rings is 1. The van der Waals surface area contributed by atoms with Gasteiger partial charge in [0.1, 0.15) is 11.3 Å². The highest BCUT2D eigenvalue weighted by atomic mass is 35.5. The first-order valence-electron chi connectivity index (χ1n) is 7.84. The summed E-state index contributed by atoms with van der Waals surface area (Å²) in [5, 5.41) is 3.13. The Morgan fingerprint density at radius 2 is 1.81 bits per heavy atom. The van der Waals surface area contributed by atoms with Crippen LogP contribution in [-0.2, 0) is 14.1 Å². The van der Waals surface area contributed by atoms with Crippen LogP contribution in [0.1, 0.15) is 30.8 Å². The molecule has 0 spiro atoms. The summed E-state index contributed by atoms with van der Waals surface area (Å²) in [5.74, 6) is 0.0216. The molecule has 10 heteroatoms. The van der Waals surface area contributed by atoms with Crippen molar-refractivity contribution in [1.82, 2.24) is 19.4 Å². The van der Waals surface area contributed by atoms with E-state index in [1.807, 2.05) is 0 Å². The van der Waals surface area contributed by atoms with Crippen molar-refractivity contribution in [3.63, 3.8) is 0 Å². The lowest BCUT2D eigenvalue weighted by Crippen LogP contribution is -2.41. The molecule has 8 nitrogen and oxygen atoms in total. The fourth-order valence-corrected chi connectivity index (χ4v) is 2.62. The minimum absolute atomic E-state index is 0. The zero-order valence-corrected chi connectivity index (χ0v) is 16.8. The van der Waals surface area contributed by atoms with Crippen LogP contribution in [0.5, 0.6) is 0 Å². The number of hydrogen-bond acceptors (Lipinski definition) is 5. The van der Waals surface area contributed by atoms with Gasteiger partial charge in [-0.15, -0.1) is 24.8 Å². The third kappa shape index (κ3) is 4.84. The van der Waals surface area contributed by atoms with Gasteiger partial charge in [0, 0.05) is 26.7 Å². The van der Waals surface area contributed by atoms with Gasteiger partial charge in [-0.1, -0.05) is 13.8 Å². The van der Waals surface area contributed by atoms with Gasteiger partial charge in [0.25, 0.3) is 11.5 Å². The number of carbonyl (C=O) groups is 1. The molecule has 0 aliphatic carbocycles. The molecule has 146 valence electrons. The topological polar surface area (TPSA) is 112 Å². The molecule has 2 rings (SSSR count). The molecule has 2 aromatic heterocycles. The molecule has 0 bridgehead atoms. The van der Waals surface area contributed by atoms with Gasteiger partial charge in [0.2, 0.25) is 0 Å². The number of nitrogens with one attached hydrogen (secondary N) is 1. The molecule has 1 unspecified atom stereocenters. The maximum absolute atomic E-state index is 12.4. The number of halogens is 2. The molecule has 2 aromatic rings. The lowest BCUT2D eigenvalue weighted by Gasteiger charge is -2.18. The first-order chi connectivity index (χ1) is 11.3. The number of fused-ring (bicyclic) bond motifs is 1. The third-order valence-corrected chi connectivity index (χ3v) is 3.91. The first-order valence-corrected chi connectivity index (χ1v) is 7.84. The molecule has 26 heavy (non-hydrogen) atoms. The van der Waals surface area contributed by atoms with Crippen molar-refractivity contribution < 1.29 is 4.79 Å². The molecule has 0 aliphatic heterocycles. The second kappa shape index (κ2) is 9.70. The van der Waals surface area contributed by atoms with E-state index < -0.39 is 11.2 Å². The second-order valence-electron chi connectivity index (χ2n) is 6.31. The van der Waals surface area contributed by atoms with E-state index in [-0.39, 0.29) is 53.5 Å². The maximum atomic E-state index is 12.4. The van der Waals surface area contributed by atoms with Crippen molar-refractivity contribution in [2.45, 2.75) is 26.3 Å². The number of rotatable bonds is 5. The van der Waals surface area contributed by atoms with E-state index >= 15 is 0 Å². The molecule has 0 saturated heterocycles. The van der Waals surface area contributed by atoms with Crippen LogP contribution in [-0.4, -0.2) is 32.6 Å². The van der Waals surface area contributed by atoms with Crippen LogP contribution in [0, 0.1) is 5.92 Å². The van der Waals surface area contributed by atoms with Gasteiger partial charge in [-0.3, -0.25) is 18.7 Å². The lowest BCUT2D eigenvalue weighted by atomic mass is 10.0. The van der Waals surface area contributed by atoms with Crippen LogP contribution < -0.4 is 22.3 Å². The van der Waals surface area contributed by atoms with Crippen LogP contribution in [0.15, 0.2) is 21.7 Å². The quantitative estimate of drug-likeness (QED) is 0.755. The molecule has 3 N–H and O–H groups in total. The Hall–Kier alpha value is -1.90. The highest BCUT2D eigenvalue weighted by Crippen LogP contribution is 2.08. The normalized spacial score (nSPS) is 11.6. The standard InChI is InChI=1S/C16H23N5O3.2ClH/c1-9(2)7-10(8-17)18-14(22)12-6-5-11-13(19-12)20(3)16(24)21(4)15(11)23;;/h5-6,9-10H,7-8,17H2,1-4H3,(H,18,22);2*1H. The van der Waals surface area contributed by atoms with Gasteiger partial charge in [-0.05, 0) is 24.5 Å². The second-order valence-corrected chi connectivity index (χ2v) is 6.31. The highest BCUT2D eigenvalue weighted by molar-refractivity contribution is 5.94. The molecular weight excluding hydrogens is 381 g/mol. The molecular formula is C16H25Cl2N5O3. The Bertz CT molecular complexity index is 892. The predicted molar refractivity (Wildman–Crippen MR) is 106 cm³/mol. The number of aromatic nitrogens is 3. The average Bonchev–Trinajstić information content (AvgIpc) is 2.56. The zero-order valence-electron chi connectivity index (χ0n) is 15.2. The Labute approximate surface area is 163 Å². The lowest BCUT2D eigenvalue weighted by molar-refractivity contribution is 0.0929. The molecule has 2 heterocycles. The van der Waals surface area contributed by atoms with Gasteiger partial charge in [0.15, 0.2) is 0 Å². The van der Waals surface area contributed by atoms with Crippen molar-refractivity contribution >= 4 is 41.8 Å². The SMILES string of the molecule is CC(C)CC(CN)NC(=O)c1ccc2c(=O)n(C)c(=O)n(C)c2n1.Cl.Cl. The van der Waals surface area contributed by atoms with Crippen molar-refractivity contribution in [3.05, 3.63) is 38.7 Å². The van der Waals surface area contributed by atoms with Gasteiger partial charge < -0.3 is 11.1 Å². The maximum Gasteiger partial charge on any atom is 0.332 e. The van der Waals surface area contributed by atoms with Crippen LogP contribution in [0.2, 0.25) is 0 Å². The summed E-state index contributed by atoms with van der Waals surface area (Å²) in [6, 6.07) is 2.84. The van der Waals surface area contributed by atoms with E-state index in [9.17, 15) is 14.4 Å². The molecule has 0 fully saturated rings. The van der Waals surface area contributed by atoms with E-state index in [1.165, 1.54) is 30.8 Å². The Kier molecular flexibility index (Phi) is 8.99. The number of aryl methyl sites for hydroxylation is 1. The fourth-order valence-electron chi connectivity index (χ4n) is 2.62. The van der Waals surface area contributed by atoms with Gasteiger partial charge in [-0.25, -0.2) is 9.78 Å². The van der Waals surface area contributed by atoms with Crippen molar-refractivity contribution in [2.75, 3.05) is 6.54 Å². The van der Waals surface area contributed by atoms with E-state index in [0.29, 0.717) is 12.5 Å². The smallest absolute Gasteiger partial charge is 0.332 e. The molecule has 0 aromatic carbocycles. The van der Waals surface area contributed by atoms with Crippen LogP contribution >= 0.6 is 24.8 Å². The number of carbonyl (C=O) groups excluding carboxylic acids is 1. The highest BCUT2D eigenvalue weighted by Gasteiger charge is 2.17. The van der Waals surface area contributed by atoms with Gasteiger partial charge in [-0.2, -0.15) is 0 Å². The minimum Gasteiger partial charge on any atom is -0.347 e. The third-order valence-electron chi connectivity index (χ3n) is 3.91. The van der Waals surface area contributed by atoms with Gasteiger partial charge in [0.05, 0.1) is 5.39 Å². The summed E-state index contributed by atoms with van der Waals surface area (Å²) in [6.45, 7) is 4.43. The van der Waals surface area contributed by atoms with Crippen LogP contribution in [0.25, 0.3) is 11.0 Å². The van der Waals surface area contributed by atoms with Crippen molar-refractivity contribution in [2.24, 2.45) is 25.7 Å². The number of amides is 1. The Morgan fingerprint density at radius 3 is 2.35 bits per heavy atom. The molecule has 1 atom stereocenters. The molecule has 0 radical (unpaired) electrons. The molecule has 1 amide bonds. The number of nitrogens with two attached hydrogens (primary N) is 1. The fraction of sp³-hybridized carbons (Fsp3) is 0.500. The van der Waals surface area contributed by atoms with Crippen LogP contribution in [0.3, 0.4) is 0 Å². The average molecular weight is 406 g/mol. The Balaban J connectivity index is 0.00000312.